The summed E-state index contributed by atoms with van der Waals surface area (Å²) >= 11 is 0. The van der Waals surface area contributed by atoms with Gasteiger partial charge in [-0.2, -0.15) is 5.10 Å². The summed E-state index contributed by atoms with van der Waals surface area (Å²) < 4.78 is 8.64. The van der Waals surface area contributed by atoms with Crippen LogP contribution in [0.4, 0.5) is 4.79 Å². The fraction of sp³-hybridized carbons (Fsp3) is 0.353. The number of aromatic nitrogens is 4. The van der Waals surface area contributed by atoms with Crippen molar-refractivity contribution in [1.29, 1.82) is 0 Å². The zero-order chi connectivity index (χ0) is 16.8. The number of fused-ring (bicyclic) bond motifs is 1. The number of rotatable bonds is 1. The summed E-state index contributed by atoms with van der Waals surface area (Å²) in [7, 11) is 1.87. The molecule has 6 heteroatoms. The minimum atomic E-state index is -0.544. The van der Waals surface area contributed by atoms with Crippen LogP contribution in [-0.4, -0.2) is 31.0 Å². The van der Waals surface area contributed by atoms with Gasteiger partial charge in [-0.3, -0.25) is 4.68 Å². The Labute approximate surface area is 134 Å². The summed E-state index contributed by atoms with van der Waals surface area (Å²) in [6.07, 6.45) is 6.82. The van der Waals surface area contributed by atoms with E-state index in [2.05, 4.69) is 10.1 Å². The molecule has 0 aliphatic rings. The summed E-state index contributed by atoms with van der Waals surface area (Å²) in [4.78, 5) is 16.8. The van der Waals surface area contributed by atoms with Crippen LogP contribution in [-0.2, 0) is 11.8 Å². The molecule has 3 aromatic rings. The topological polar surface area (TPSA) is 61.9 Å². The highest BCUT2D eigenvalue weighted by molar-refractivity contribution is 5.91. The second-order valence-corrected chi connectivity index (χ2v) is 6.66. The van der Waals surface area contributed by atoms with E-state index < -0.39 is 11.7 Å². The Kier molecular flexibility index (Phi) is 3.47. The maximum atomic E-state index is 12.3. The Morgan fingerprint density at radius 2 is 1.91 bits per heavy atom. The van der Waals surface area contributed by atoms with E-state index in [4.69, 9.17) is 4.74 Å². The molecule has 0 radical (unpaired) electrons. The number of ether oxygens (including phenoxy) is 1. The minimum Gasteiger partial charge on any atom is -0.443 e. The Balaban J connectivity index is 2.05. The van der Waals surface area contributed by atoms with Crippen LogP contribution < -0.4 is 0 Å². The predicted octanol–water partition coefficient (Wildman–Crippen LogP) is 3.53. The molecule has 0 bridgehead atoms. The molecule has 0 unspecified atom stereocenters. The molecule has 0 aliphatic heterocycles. The molecule has 0 aromatic carbocycles. The van der Waals surface area contributed by atoms with Crippen molar-refractivity contribution in [3.8, 4) is 11.1 Å². The zero-order valence-corrected chi connectivity index (χ0v) is 14.0. The van der Waals surface area contributed by atoms with E-state index in [1.54, 1.807) is 23.3 Å². The molecule has 23 heavy (non-hydrogen) atoms. The second kappa shape index (κ2) is 5.22. The van der Waals surface area contributed by atoms with Gasteiger partial charge in [-0.1, -0.05) is 0 Å². The average Bonchev–Trinajstić information content (AvgIpc) is 3.01. The number of carbonyl (C=O) groups excluding carboxylic acids is 1. The van der Waals surface area contributed by atoms with Gasteiger partial charge in [-0.05, 0) is 39.3 Å². The van der Waals surface area contributed by atoms with Crippen LogP contribution >= 0.6 is 0 Å². The number of hydrogen-bond donors (Lipinski definition) is 0. The predicted molar refractivity (Wildman–Crippen MR) is 88.3 cm³/mol. The summed E-state index contributed by atoms with van der Waals surface area (Å²) in [5.74, 6) is 0. The zero-order valence-electron chi connectivity index (χ0n) is 14.0. The molecule has 0 spiro atoms. The standard InChI is InChI=1S/C17H20N4O2/c1-11-9-21(16(22)23-17(2,3)4)15-14(11)6-12(7-18-15)13-8-19-20(5)10-13/h6-10H,1-5H3. The first-order valence-electron chi connectivity index (χ1n) is 7.45. The first-order valence-corrected chi connectivity index (χ1v) is 7.45. The van der Waals surface area contributed by atoms with Gasteiger partial charge in [-0.15, -0.1) is 0 Å². The normalized spacial score (nSPS) is 11.9. The van der Waals surface area contributed by atoms with Gasteiger partial charge >= 0.3 is 6.09 Å². The first-order chi connectivity index (χ1) is 10.7. The van der Waals surface area contributed by atoms with E-state index in [1.165, 1.54) is 4.57 Å². The lowest BCUT2D eigenvalue weighted by Gasteiger charge is -2.19. The fourth-order valence-electron chi connectivity index (χ4n) is 2.44. The van der Waals surface area contributed by atoms with Crippen LogP contribution in [0, 0.1) is 6.92 Å². The lowest BCUT2D eigenvalue weighted by atomic mass is 10.1. The largest absolute Gasteiger partial charge is 0.443 e. The molecular formula is C17H20N4O2. The van der Waals surface area contributed by atoms with Gasteiger partial charge in [0.05, 0.1) is 6.20 Å². The number of aryl methyl sites for hydroxylation is 2. The molecule has 3 aromatic heterocycles. The Morgan fingerprint density at radius 3 is 2.52 bits per heavy atom. The highest BCUT2D eigenvalue weighted by Gasteiger charge is 2.21. The number of pyridine rings is 1. The quantitative estimate of drug-likeness (QED) is 0.689. The molecule has 0 saturated heterocycles. The van der Waals surface area contributed by atoms with Crippen molar-refractivity contribution in [3.63, 3.8) is 0 Å². The Hall–Kier alpha value is -2.63. The molecule has 0 fully saturated rings. The van der Waals surface area contributed by atoms with Crippen molar-refractivity contribution in [1.82, 2.24) is 19.3 Å². The van der Waals surface area contributed by atoms with Crippen molar-refractivity contribution < 1.29 is 9.53 Å². The lowest BCUT2D eigenvalue weighted by molar-refractivity contribution is 0.0543. The number of carbonyl (C=O) groups is 1. The highest BCUT2D eigenvalue weighted by Crippen LogP contribution is 2.26. The molecule has 0 amide bonds. The van der Waals surface area contributed by atoms with E-state index in [-0.39, 0.29) is 0 Å². The van der Waals surface area contributed by atoms with Crippen molar-refractivity contribution in [2.75, 3.05) is 0 Å². The summed E-state index contributed by atoms with van der Waals surface area (Å²) in [5.41, 5.74) is 2.99. The van der Waals surface area contributed by atoms with Gasteiger partial charge in [0.25, 0.3) is 0 Å². The van der Waals surface area contributed by atoms with Crippen LogP contribution in [0.5, 0.6) is 0 Å². The van der Waals surface area contributed by atoms with Crippen molar-refractivity contribution in [2.45, 2.75) is 33.3 Å². The number of nitrogens with zero attached hydrogens (tertiary/aromatic N) is 4. The van der Waals surface area contributed by atoms with Gasteiger partial charge in [0.15, 0.2) is 0 Å². The van der Waals surface area contributed by atoms with Gasteiger partial charge in [0.2, 0.25) is 0 Å². The number of hydrogen-bond acceptors (Lipinski definition) is 4. The monoisotopic (exact) mass is 312 g/mol. The maximum absolute atomic E-state index is 12.3. The van der Waals surface area contributed by atoms with E-state index in [9.17, 15) is 4.79 Å². The lowest BCUT2D eigenvalue weighted by Crippen LogP contribution is -2.26. The molecule has 0 aliphatic carbocycles. The van der Waals surface area contributed by atoms with Crippen molar-refractivity contribution >= 4 is 17.1 Å². The van der Waals surface area contributed by atoms with Crippen LogP contribution in [0.3, 0.4) is 0 Å². The van der Waals surface area contributed by atoms with Crippen LogP contribution in [0.1, 0.15) is 26.3 Å². The van der Waals surface area contributed by atoms with Gasteiger partial charge in [-0.25, -0.2) is 14.3 Å². The molecule has 6 nitrogen and oxygen atoms in total. The summed E-state index contributed by atoms with van der Waals surface area (Å²) in [5, 5.41) is 5.11. The molecular weight excluding hydrogens is 292 g/mol. The molecule has 0 N–H and O–H groups in total. The fourth-order valence-corrected chi connectivity index (χ4v) is 2.44. The van der Waals surface area contributed by atoms with Crippen LogP contribution in [0.15, 0.2) is 30.9 Å². The third-order valence-corrected chi connectivity index (χ3v) is 3.47. The average molecular weight is 312 g/mol. The highest BCUT2D eigenvalue weighted by atomic mass is 16.6. The third-order valence-electron chi connectivity index (χ3n) is 3.47. The molecule has 3 heterocycles. The van der Waals surface area contributed by atoms with Gasteiger partial charge in [0.1, 0.15) is 11.2 Å². The smallest absolute Gasteiger partial charge is 0.420 e. The Morgan fingerprint density at radius 1 is 1.17 bits per heavy atom. The van der Waals surface area contributed by atoms with Crippen LogP contribution in [0.2, 0.25) is 0 Å². The van der Waals surface area contributed by atoms with E-state index in [0.717, 1.165) is 22.1 Å². The minimum absolute atomic E-state index is 0.419. The van der Waals surface area contributed by atoms with E-state index >= 15 is 0 Å². The molecule has 0 atom stereocenters. The SMILES string of the molecule is Cc1cn(C(=O)OC(C)(C)C)c2ncc(-c3cnn(C)c3)cc12. The van der Waals surface area contributed by atoms with E-state index in [1.807, 2.05) is 47.0 Å². The second-order valence-electron chi connectivity index (χ2n) is 6.66. The van der Waals surface area contributed by atoms with Crippen molar-refractivity contribution in [3.05, 3.63) is 36.4 Å². The Bertz CT molecular complexity index is 884. The molecule has 120 valence electrons. The maximum Gasteiger partial charge on any atom is 0.420 e. The van der Waals surface area contributed by atoms with Gasteiger partial charge < -0.3 is 4.74 Å². The summed E-state index contributed by atoms with van der Waals surface area (Å²) in [6.45, 7) is 7.49. The van der Waals surface area contributed by atoms with Gasteiger partial charge in [0, 0.05) is 42.2 Å². The summed E-state index contributed by atoms with van der Waals surface area (Å²) in [6, 6.07) is 2.02. The van der Waals surface area contributed by atoms with Crippen LogP contribution in [0.25, 0.3) is 22.2 Å². The van der Waals surface area contributed by atoms with Crippen molar-refractivity contribution in [2.24, 2.45) is 7.05 Å². The molecule has 0 saturated carbocycles. The first kappa shape index (κ1) is 15.3. The van der Waals surface area contributed by atoms with E-state index in [0.29, 0.717) is 5.65 Å². The third kappa shape index (κ3) is 2.97. The molecule has 3 rings (SSSR count).